The standard InChI is InChI=1S/C14H20N2O2/c1-10-6-11(2)8-16(7-10)9-13-12(14(17)18)4-3-5-15-13/h3-5,10-11H,6-9H2,1-2H3,(H,17,18). The van der Waals surface area contributed by atoms with Crippen LogP contribution < -0.4 is 0 Å². The number of carboxylic acid groups (broad SMARTS) is 1. The summed E-state index contributed by atoms with van der Waals surface area (Å²) in [6.45, 7) is 7.19. The number of likely N-dealkylation sites (tertiary alicyclic amines) is 1. The lowest BCUT2D eigenvalue weighted by Crippen LogP contribution is -2.38. The second kappa shape index (κ2) is 5.48. The molecule has 2 rings (SSSR count). The number of aromatic carboxylic acids is 1. The number of hydrogen-bond acceptors (Lipinski definition) is 3. The predicted octanol–water partition coefficient (Wildman–Crippen LogP) is 2.26. The van der Waals surface area contributed by atoms with Crippen LogP contribution in [0.15, 0.2) is 18.3 Å². The fraction of sp³-hybridized carbons (Fsp3) is 0.571. The van der Waals surface area contributed by atoms with E-state index >= 15 is 0 Å². The van der Waals surface area contributed by atoms with Crippen molar-refractivity contribution in [2.24, 2.45) is 11.8 Å². The van der Waals surface area contributed by atoms with E-state index in [-0.39, 0.29) is 0 Å². The highest BCUT2D eigenvalue weighted by Crippen LogP contribution is 2.22. The number of carbonyl (C=O) groups is 1. The van der Waals surface area contributed by atoms with Gasteiger partial charge in [-0.2, -0.15) is 0 Å². The van der Waals surface area contributed by atoms with Gasteiger partial charge in [0, 0.05) is 25.8 Å². The van der Waals surface area contributed by atoms with E-state index < -0.39 is 5.97 Å². The van der Waals surface area contributed by atoms with E-state index in [0.717, 1.165) is 13.1 Å². The smallest absolute Gasteiger partial charge is 0.337 e. The van der Waals surface area contributed by atoms with Gasteiger partial charge in [-0.05, 0) is 30.4 Å². The third kappa shape index (κ3) is 3.07. The van der Waals surface area contributed by atoms with Gasteiger partial charge in [-0.15, -0.1) is 0 Å². The van der Waals surface area contributed by atoms with E-state index in [1.54, 1.807) is 18.3 Å². The number of pyridine rings is 1. The van der Waals surface area contributed by atoms with Crippen LogP contribution in [-0.4, -0.2) is 34.0 Å². The monoisotopic (exact) mass is 248 g/mol. The van der Waals surface area contributed by atoms with Crippen LogP contribution in [0.2, 0.25) is 0 Å². The Morgan fingerprint density at radius 1 is 1.44 bits per heavy atom. The molecule has 4 nitrogen and oxygen atoms in total. The SMILES string of the molecule is CC1CC(C)CN(Cc2ncccc2C(=O)O)C1. The highest BCUT2D eigenvalue weighted by molar-refractivity contribution is 5.88. The molecule has 1 aliphatic heterocycles. The molecule has 0 amide bonds. The zero-order chi connectivity index (χ0) is 13.1. The molecular formula is C14H20N2O2. The third-order valence-electron chi connectivity index (χ3n) is 3.44. The summed E-state index contributed by atoms with van der Waals surface area (Å²) in [7, 11) is 0. The minimum atomic E-state index is -0.892. The van der Waals surface area contributed by atoms with Crippen molar-refractivity contribution < 1.29 is 9.90 Å². The molecule has 1 aliphatic rings. The molecular weight excluding hydrogens is 228 g/mol. The number of nitrogens with zero attached hydrogens (tertiary/aromatic N) is 2. The van der Waals surface area contributed by atoms with E-state index in [1.807, 2.05) is 0 Å². The quantitative estimate of drug-likeness (QED) is 0.891. The molecule has 1 saturated heterocycles. The first-order valence-electron chi connectivity index (χ1n) is 6.45. The Hall–Kier alpha value is -1.42. The maximum Gasteiger partial charge on any atom is 0.337 e. The van der Waals surface area contributed by atoms with Gasteiger partial charge in [0.25, 0.3) is 0 Å². The van der Waals surface area contributed by atoms with Crippen molar-refractivity contribution in [1.82, 2.24) is 9.88 Å². The largest absolute Gasteiger partial charge is 0.478 e. The number of carboxylic acids is 1. The molecule has 1 aromatic heterocycles. The van der Waals surface area contributed by atoms with Gasteiger partial charge in [-0.1, -0.05) is 13.8 Å². The van der Waals surface area contributed by atoms with Crippen LogP contribution >= 0.6 is 0 Å². The summed E-state index contributed by atoms with van der Waals surface area (Å²) in [6.07, 6.45) is 2.92. The van der Waals surface area contributed by atoms with Crippen molar-refractivity contribution in [3.63, 3.8) is 0 Å². The van der Waals surface area contributed by atoms with E-state index in [0.29, 0.717) is 29.6 Å². The van der Waals surface area contributed by atoms with Gasteiger partial charge in [0.1, 0.15) is 0 Å². The van der Waals surface area contributed by atoms with Crippen molar-refractivity contribution in [3.05, 3.63) is 29.6 Å². The molecule has 0 aliphatic carbocycles. The molecule has 1 N–H and O–H groups in total. The maximum atomic E-state index is 11.1. The zero-order valence-electron chi connectivity index (χ0n) is 11.0. The Balaban J connectivity index is 2.11. The van der Waals surface area contributed by atoms with Crippen molar-refractivity contribution in [2.45, 2.75) is 26.8 Å². The van der Waals surface area contributed by atoms with E-state index in [9.17, 15) is 4.79 Å². The van der Waals surface area contributed by atoms with Crippen LogP contribution in [0.4, 0.5) is 0 Å². The molecule has 0 aromatic carbocycles. The first kappa shape index (κ1) is 13.0. The molecule has 4 heteroatoms. The van der Waals surface area contributed by atoms with Crippen LogP contribution in [-0.2, 0) is 6.54 Å². The molecule has 18 heavy (non-hydrogen) atoms. The number of hydrogen-bond donors (Lipinski definition) is 1. The van der Waals surface area contributed by atoms with Crippen LogP contribution in [0.25, 0.3) is 0 Å². The summed E-state index contributed by atoms with van der Waals surface area (Å²) in [4.78, 5) is 17.7. The van der Waals surface area contributed by atoms with Crippen molar-refractivity contribution in [1.29, 1.82) is 0 Å². The number of rotatable bonds is 3. The minimum Gasteiger partial charge on any atom is -0.478 e. The van der Waals surface area contributed by atoms with Crippen LogP contribution in [0.3, 0.4) is 0 Å². The predicted molar refractivity (Wildman–Crippen MR) is 69.4 cm³/mol. The Morgan fingerprint density at radius 3 is 2.72 bits per heavy atom. The van der Waals surface area contributed by atoms with Crippen LogP contribution in [0, 0.1) is 11.8 Å². The molecule has 2 heterocycles. The summed E-state index contributed by atoms with van der Waals surface area (Å²) in [5.74, 6) is 0.452. The topological polar surface area (TPSA) is 53.4 Å². The Morgan fingerprint density at radius 2 is 2.11 bits per heavy atom. The molecule has 0 radical (unpaired) electrons. The molecule has 0 bridgehead atoms. The van der Waals surface area contributed by atoms with E-state index in [1.165, 1.54) is 6.42 Å². The molecule has 0 spiro atoms. The fourth-order valence-corrected chi connectivity index (χ4v) is 2.89. The minimum absolute atomic E-state index is 0.323. The van der Waals surface area contributed by atoms with Gasteiger partial charge < -0.3 is 5.11 Å². The molecule has 2 atom stereocenters. The first-order valence-corrected chi connectivity index (χ1v) is 6.45. The lowest BCUT2D eigenvalue weighted by molar-refractivity contribution is 0.0692. The normalized spacial score (nSPS) is 25.0. The highest BCUT2D eigenvalue weighted by atomic mass is 16.4. The van der Waals surface area contributed by atoms with Crippen LogP contribution in [0.1, 0.15) is 36.3 Å². The van der Waals surface area contributed by atoms with E-state index in [4.69, 9.17) is 5.11 Å². The van der Waals surface area contributed by atoms with Crippen molar-refractivity contribution >= 4 is 5.97 Å². The summed E-state index contributed by atoms with van der Waals surface area (Å²) >= 11 is 0. The summed E-state index contributed by atoms with van der Waals surface area (Å²) in [6, 6.07) is 3.30. The second-order valence-corrected chi connectivity index (χ2v) is 5.44. The van der Waals surface area contributed by atoms with Gasteiger partial charge in [0.15, 0.2) is 0 Å². The van der Waals surface area contributed by atoms with Crippen molar-refractivity contribution in [3.8, 4) is 0 Å². The van der Waals surface area contributed by atoms with Gasteiger partial charge >= 0.3 is 5.97 Å². The van der Waals surface area contributed by atoms with Gasteiger partial charge in [0.05, 0.1) is 11.3 Å². The Labute approximate surface area is 108 Å². The third-order valence-corrected chi connectivity index (χ3v) is 3.44. The van der Waals surface area contributed by atoms with Gasteiger partial charge in [0.2, 0.25) is 0 Å². The summed E-state index contributed by atoms with van der Waals surface area (Å²) < 4.78 is 0. The zero-order valence-corrected chi connectivity index (χ0v) is 11.0. The van der Waals surface area contributed by atoms with Gasteiger partial charge in [-0.3, -0.25) is 9.88 Å². The first-order chi connectivity index (χ1) is 8.56. The van der Waals surface area contributed by atoms with E-state index in [2.05, 4.69) is 23.7 Å². The summed E-state index contributed by atoms with van der Waals surface area (Å²) in [5.41, 5.74) is 0.995. The molecule has 1 fully saturated rings. The number of aromatic nitrogens is 1. The number of piperidine rings is 1. The van der Waals surface area contributed by atoms with Crippen molar-refractivity contribution in [2.75, 3.05) is 13.1 Å². The second-order valence-electron chi connectivity index (χ2n) is 5.44. The fourth-order valence-electron chi connectivity index (χ4n) is 2.89. The average Bonchev–Trinajstić information content (AvgIpc) is 2.27. The van der Waals surface area contributed by atoms with Gasteiger partial charge in [-0.25, -0.2) is 4.79 Å². The molecule has 2 unspecified atom stereocenters. The summed E-state index contributed by atoms with van der Waals surface area (Å²) in [5, 5.41) is 9.14. The molecule has 1 aromatic rings. The Bertz CT molecular complexity index is 424. The highest BCUT2D eigenvalue weighted by Gasteiger charge is 2.23. The molecule has 98 valence electrons. The Kier molecular flexibility index (Phi) is 3.97. The lowest BCUT2D eigenvalue weighted by atomic mass is 9.92. The van der Waals surface area contributed by atoms with Crippen LogP contribution in [0.5, 0.6) is 0 Å². The molecule has 0 saturated carbocycles. The average molecular weight is 248 g/mol. The lowest BCUT2D eigenvalue weighted by Gasteiger charge is -2.34. The maximum absolute atomic E-state index is 11.1.